The van der Waals surface area contributed by atoms with E-state index in [1.807, 2.05) is 18.2 Å². The van der Waals surface area contributed by atoms with Gasteiger partial charge in [0.2, 0.25) is 10.3 Å². The van der Waals surface area contributed by atoms with Crippen LogP contribution < -0.4 is 10.2 Å². The largest absolute Gasteiger partial charge is 0.468 e. The van der Waals surface area contributed by atoms with E-state index in [4.69, 9.17) is 8.83 Å². The normalized spacial score (nSPS) is 15.1. The third-order valence-corrected chi connectivity index (χ3v) is 6.71. The molecule has 10 heteroatoms. The van der Waals surface area contributed by atoms with E-state index in [0.717, 1.165) is 42.7 Å². The van der Waals surface area contributed by atoms with E-state index < -0.39 is 5.91 Å². The predicted molar refractivity (Wildman–Crippen MR) is 120 cm³/mol. The number of nitrogens with zero attached hydrogens (tertiary/aromatic N) is 4. The lowest BCUT2D eigenvalue weighted by atomic mass is 10.00. The summed E-state index contributed by atoms with van der Waals surface area (Å²) in [6.07, 6.45) is 5.28. The highest BCUT2D eigenvalue weighted by Gasteiger charge is 2.20. The molecule has 8 nitrogen and oxygen atoms in total. The summed E-state index contributed by atoms with van der Waals surface area (Å²) in [6.45, 7) is 4.12. The Kier molecular flexibility index (Phi) is 6.74. The number of furan rings is 2. The van der Waals surface area contributed by atoms with Gasteiger partial charge in [-0.2, -0.15) is 5.26 Å². The monoisotopic (exact) mass is 455 g/mol. The molecule has 0 radical (unpaired) electrons. The molecule has 1 N–H and O–H groups in total. The second kappa shape index (κ2) is 9.85. The molecule has 0 aliphatic carbocycles. The summed E-state index contributed by atoms with van der Waals surface area (Å²) in [4.78, 5) is 14.7. The number of carbonyl (C=O) groups excluding carboxylic acids is 1. The highest BCUT2D eigenvalue weighted by molar-refractivity contribution is 7.98. The molecule has 0 aromatic carbocycles. The molecule has 1 aliphatic heterocycles. The van der Waals surface area contributed by atoms with E-state index >= 15 is 0 Å². The average molecular weight is 456 g/mol. The minimum absolute atomic E-state index is 0.0690. The minimum atomic E-state index is -0.543. The molecule has 0 saturated carbocycles. The smallest absolute Gasteiger partial charge is 0.268 e. The Morgan fingerprint density at radius 2 is 2.23 bits per heavy atom. The molecule has 1 fully saturated rings. The Morgan fingerprint density at radius 1 is 1.39 bits per heavy atom. The molecule has 3 aromatic rings. The summed E-state index contributed by atoms with van der Waals surface area (Å²) in [5.74, 6) is 2.07. The molecule has 4 heterocycles. The molecule has 1 amide bonds. The first-order valence-electron chi connectivity index (χ1n) is 9.87. The Balaban J connectivity index is 1.36. The number of carbonyl (C=O) groups is 1. The standard InChI is InChI=1S/C21H21N5O3S2/c1-14-6-8-26(9-7-14)21-25-24-20(31-21)23-19(27)15(12-22)11-16-4-5-18(29-16)30-13-17-3-2-10-28-17/h2-5,10-11,14H,6-9,13H2,1H3,(H,23,24,27). The molecule has 3 aromatic heterocycles. The van der Waals surface area contributed by atoms with Gasteiger partial charge in [0.25, 0.3) is 5.91 Å². The van der Waals surface area contributed by atoms with Crippen molar-refractivity contribution in [3.05, 3.63) is 47.6 Å². The zero-order valence-electron chi connectivity index (χ0n) is 16.9. The number of rotatable bonds is 7. The first-order chi connectivity index (χ1) is 15.1. The quantitative estimate of drug-likeness (QED) is 0.307. The van der Waals surface area contributed by atoms with Crippen LogP contribution in [0.1, 0.15) is 31.3 Å². The first-order valence-corrected chi connectivity index (χ1v) is 11.7. The fourth-order valence-electron chi connectivity index (χ4n) is 3.08. The van der Waals surface area contributed by atoms with Crippen LogP contribution in [0.4, 0.5) is 10.3 Å². The van der Waals surface area contributed by atoms with E-state index in [2.05, 4.69) is 27.3 Å². The maximum absolute atomic E-state index is 12.5. The van der Waals surface area contributed by atoms with Crippen molar-refractivity contribution in [3.63, 3.8) is 0 Å². The van der Waals surface area contributed by atoms with Crippen LogP contribution in [0.3, 0.4) is 0 Å². The van der Waals surface area contributed by atoms with E-state index in [-0.39, 0.29) is 5.57 Å². The van der Waals surface area contributed by atoms with Crippen LogP contribution >= 0.6 is 23.1 Å². The number of anilines is 2. The van der Waals surface area contributed by atoms with Gasteiger partial charge in [-0.25, -0.2) is 0 Å². The number of aromatic nitrogens is 2. The molecule has 0 bridgehead atoms. The molecule has 1 saturated heterocycles. The van der Waals surface area contributed by atoms with Crippen molar-refractivity contribution < 1.29 is 13.6 Å². The van der Waals surface area contributed by atoms with Gasteiger partial charge >= 0.3 is 0 Å². The van der Waals surface area contributed by atoms with E-state index in [1.165, 1.54) is 29.2 Å². The maximum atomic E-state index is 12.5. The average Bonchev–Trinajstić information content (AvgIpc) is 3.53. The topological polar surface area (TPSA) is 108 Å². The fourth-order valence-corrected chi connectivity index (χ4v) is 4.64. The molecule has 31 heavy (non-hydrogen) atoms. The third-order valence-electron chi connectivity index (χ3n) is 4.88. The zero-order valence-corrected chi connectivity index (χ0v) is 18.5. The molecular weight excluding hydrogens is 434 g/mol. The van der Waals surface area contributed by atoms with Gasteiger partial charge in [-0.15, -0.1) is 10.2 Å². The van der Waals surface area contributed by atoms with E-state index in [0.29, 0.717) is 21.7 Å². The zero-order chi connectivity index (χ0) is 21.6. The molecule has 0 spiro atoms. The number of nitriles is 1. The Morgan fingerprint density at radius 3 is 2.97 bits per heavy atom. The third kappa shape index (κ3) is 5.57. The van der Waals surface area contributed by atoms with Crippen molar-refractivity contribution >= 4 is 45.3 Å². The summed E-state index contributed by atoms with van der Waals surface area (Å²) in [5.41, 5.74) is -0.0690. The highest BCUT2D eigenvalue weighted by atomic mass is 32.2. The molecule has 4 rings (SSSR count). The van der Waals surface area contributed by atoms with Gasteiger partial charge in [-0.05, 0) is 43.0 Å². The van der Waals surface area contributed by atoms with Crippen LogP contribution in [0.15, 0.2) is 50.0 Å². The van der Waals surface area contributed by atoms with Crippen molar-refractivity contribution in [2.75, 3.05) is 23.3 Å². The van der Waals surface area contributed by atoms with Crippen LogP contribution in [0.5, 0.6) is 0 Å². The summed E-state index contributed by atoms with van der Waals surface area (Å²) in [5, 5.41) is 22.1. The second-order valence-electron chi connectivity index (χ2n) is 7.21. The van der Waals surface area contributed by atoms with Crippen LogP contribution in [-0.4, -0.2) is 29.2 Å². The predicted octanol–water partition coefficient (Wildman–Crippen LogP) is 4.80. The lowest BCUT2D eigenvalue weighted by Crippen LogP contribution is -2.32. The summed E-state index contributed by atoms with van der Waals surface area (Å²) < 4.78 is 11.0. The highest BCUT2D eigenvalue weighted by Crippen LogP contribution is 2.29. The van der Waals surface area contributed by atoms with Crippen LogP contribution in [0, 0.1) is 17.2 Å². The van der Waals surface area contributed by atoms with Crippen molar-refractivity contribution in [3.8, 4) is 6.07 Å². The Labute approximate surface area is 187 Å². The summed E-state index contributed by atoms with van der Waals surface area (Å²) in [6, 6.07) is 9.15. The van der Waals surface area contributed by atoms with Gasteiger partial charge in [0.1, 0.15) is 23.2 Å². The van der Waals surface area contributed by atoms with Gasteiger partial charge in [-0.1, -0.05) is 30.0 Å². The number of amides is 1. The SMILES string of the molecule is CC1CCN(c2nnc(NC(=O)C(C#N)=Cc3ccc(SCc4ccco4)o3)s2)CC1. The number of hydrogen-bond donors (Lipinski definition) is 1. The van der Waals surface area contributed by atoms with Gasteiger partial charge in [0.15, 0.2) is 5.09 Å². The molecular formula is C21H21N5O3S2. The second-order valence-corrected chi connectivity index (χ2v) is 9.14. The van der Waals surface area contributed by atoms with Crippen LogP contribution in [0.25, 0.3) is 6.08 Å². The Bertz CT molecular complexity index is 1090. The molecule has 0 atom stereocenters. The Hall–Kier alpha value is -3.03. The van der Waals surface area contributed by atoms with E-state index in [9.17, 15) is 10.1 Å². The van der Waals surface area contributed by atoms with Gasteiger partial charge in [0.05, 0.1) is 12.0 Å². The fraction of sp³-hybridized carbons (Fsp3) is 0.333. The minimum Gasteiger partial charge on any atom is -0.468 e. The van der Waals surface area contributed by atoms with E-state index in [1.54, 1.807) is 18.4 Å². The summed E-state index contributed by atoms with van der Waals surface area (Å²) >= 11 is 2.78. The van der Waals surface area contributed by atoms with Crippen molar-refractivity contribution in [2.45, 2.75) is 30.6 Å². The maximum Gasteiger partial charge on any atom is 0.268 e. The number of piperidine rings is 1. The van der Waals surface area contributed by atoms with Gasteiger partial charge in [-0.3, -0.25) is 10.1 Å². The lowest BCUT2D eigenvalue weighted by molar-refractivity contribution is -0.112. The van der Waals surface area contributed by atoms with Crippen molar-refractivity contribution in [2.24, 2.45) is 5.92 Å². The molecule has 0 unspecified atom stereocenters. The van der Waals surface area contributed by atoms with Crippen molar-refractivity contribution in [1.29, 1.82) is 5.26 Å². The number of hydrogen-bond acceptors (Lipinski definition) is 9. The van der Waals surface area contributed by atoms with Gasteiger partial charge in [0, 0.05) is 19.2 Å². The van der Waals surface area contributed by atoms with Crippen LogP contribution in [-0.2, 0) is 10.5 Å². The van der Waals surface area contributed by atoms with Crippen molar-refractivity contribution in [1.82, 2.24) is 10.2 Å². The molecule has 160 valence electrons. The lowest BCUT2D eigenvalue weighted by Gasteiger charge is -2.29. The first kappa shape index (κ1) is 21.2. The molecule has 1 aliphatic rings. The van der Waals surface area contributed by atoms with Gasteiger partial charge < -0.3 is 13.7 Å². The number of nitrogens with one attached hydrogen (secondary N) is 1. The van der Waals surface area contributed by atoms with Crippen LogP contribution in [0.2, 0.25) is 0 Å². The summed E-state index contributed by atoms with van der Waals surface area (Å²) in [7, 11) is 0. The number of thioether (sulfide) groups is 1.